The molecule has 0 saturated carbocycles. The standard InChI is InChI=1S/C20H23N/c1-5-15(14(2)3)19-18(20(4)12-8-9-13-20)16-10-6-7-11-17(16)21-19/h5-14,21H,1-4H3. The molecule has 1 aromatic heterocycles. The van der Waals surface area contributed by atoms with Crippen molar-refractivity contribution >= 4 is 16.5 Å². The van der Waals surface area contributed by atoms with E-state index in [-0.39, 0.29) is 5.41 Å². The Morgan fingerprint density at radius 3 is 2.43 bits per heavy atom. The fourth-order valence-electron chi connectivity index (χ4n) is 3.42. The summed E-state index contributed by atoms with van der Waals surface area (Å²) in [6.45, 7) is 8.94. The molecule has 1 aliphatic rings. The number of aromatic nitrogens is 1. The van der Waals surface area contributed by atoms with Gasteiger partial charge in [-0.25, -0.2) is 0 Å². The average Bonchev–Trinajstić information content (AvgIpc) is 3.03. The van der Waals surface area contributed by atoms with Gasteiger partial charge in [0, 0.05) is 22.0 Å². The van der Waals surface area contributed by atoms with Gasteiger partial charge < -0.3 is 4.98 Å². The van der Waals surface area contributed by atoms with E-state index in [1.165, 1.54) is 27.7 Å². The third-order valence-electron chi connectivity index (χ3n) is 4.46. The summed E-state index contributed by atoms with van der Waals surface area (Å²) in [5.74, 6) is 0.500. The van der Waals surface area contributed by atoms with Crippen LogP contribution in [0.3, 0.4) is 0 Å². The molecule has 0 radical (unpaired) electrons. The van der Waals surface area contributed by atoms with E-state index >= 15 is 0 Å². The average molecular weight is 277 g/mol. The molecule has 0 bridgehead atoms. The van der Waals surface area contributed by atoms with Gasteiger partial charge in [0.2, 0.25) is 0 Å². The van der Waals surface area contributed by atoms with Gasteiger partial charge in [-0.1, -0.05) is 62.4 Å². The lowest BCUT2D eigenvalue weighted by Gasteiger charge is -2.23. The number of H-pyrrole nitrogens is 1. The summed E-state index contributed by atoms with van der Waals surface area (Å²) in [5, 5.41) is 1.33. The highest BCUT2D eigenvalue weighted by atomic mass is 14.7. The summed E-state index contributed by atoms with van der Waals surface area (Å²) < 4.78 is 0. The molecule has 1 N–H and O–H groups in total. The topological polar surface area (TPSA) is 15.8 Å². The molecule has 1 heteroatoms. The van der Waals surface area contributed by atoms with Gasteiger partial charge in [0.1, 0.15) is 0 Å². The van der Waals surface area contributed by atoms with E-state index in [0.29, 0.717) is 5.92 Å². The van der Waals surface area contributed by atoms with Crippen LogP contribution in [0.2, 0.25) is 0 Å². The zero-order valence-electron chi connectivity index (χ0n) is 13.3. The van der Waals surface area contributed by atoms with Gasteiger partial charge in [-0.05, 0) is 37.0 Å². The van der Waals surface area contributed by atoms with Crippen LogP contribution in [0.4, 0.5) is 0 Å². The molecule has 0 amide bonds. The van der Waals surface area contributed by atoms with Gasteiger partial charge >= 0.3 is 0 Å². The predicted octanol–water partition coefficient (Wildman–Crippen LogP) is 5.61. The van der Waals surface area contributed by atoms with E-state index in [4.69, 9.17) is 0 Å². The van der Waals surface area contributed by atoms with Crippen LogP contribution in [0.15, 0.2) is 54.6 Å². The maximum Gasteiger partial charge on any atom is 0.0467 e. The Balaban J connectivity index is 2.35. The largest absolute Gasteiger partial charge is 0.355 e. The third-order valence-corrected chi connectivity index (χ3v) is 4.46. The van der Waals surface area contributed by atoms with Crippen LogP contribution in [-0.2, 0) is 5.41 Å². The lowest BCUT2D eigenvalue weighted by atomic mass is 9.79. The van der Waals surface area contributed by atoms with E-state index in [9.17, 15) is 0 Å². The highest BCUT2D eigenvalue weighted by Crippen LogP contribution is 2.41. The molecule has 0 spiro atoms. The lowest BCUT2D eigenvalue weighted by molar-refractivity contribution is 0.765. The van der Waals surface area contributed by atoms with Crippen LogP contribution in [0.1, 0.15) is 39.0 Å². The van der Waals surface area contributed by atoms with Crippen LogP contribution >= 0.6 is 0 Å². The SMILES string of the molecule is CC=C(c1[nH]c2ccccc2c1C1(C)C=CC=C1)C(C)C. The Morgan fingerprint density at radius 1 is 1.14 bits per heavy atom. The number of allylic oxidation sites excluding steroid dienone is 6. The molecule has 1 heterocycles. The van der Waals surface area contributed by atoms with Crippen molar-refractivity contribution in [3.8, 4) is 0 Å². The van der Waals surface area contributed by atoms with E-state index in [2.05, 4.69) is 87.3 Å². The van der Waals surface area contributed by atoms with Crippen molar-refractivity contribution in [2.75, 3.05) is 0 Å². The quantitative estimate of drug-likeness (QED) is 0.750. The Hall–Kier alpha value is -2.02. The van der Waals surface area contributed by atoms with E-state index in [1.54, 1.807) is 0 Å². The summed E-state index contributed by atoms with van der Waals surface area (Å²) in [6, 6.07) is 8.62. The second-order valence-electron chi connectivity index (χ2n) is 6.32. The first-order valence-corrected chi connectivity index (χ1v) is 7.71. The van der Waals surface area contributed by atoms with Crippen LogP contribution in [-0.4, -0.2) is 4.98 Å². The summed E-state index contributed by atoms with van der Waals surface area (Å²) >= 11 is 0. The third kappa shape index (κ3) is 2.17. The summed E-state index contributed by atoms with van der Waals surface area (Å²) in [7, 11) is 0. The Bertz CT molecular complexity index is 741. The van der Waals surface area contributed by atoms with Crippen LogP contribution in [0.5, 0.6) is 0 Å². The number of rotatable bonds is 3. The van der Waals surface area contributed by atoms with Crippen LogP contribution in [0.25, 0.3) is 16.5 Å². The van der Waals surface area contributed by atoms with Crippen molar-refractivity contribution in [1.29, 1.82) is 0 Å². The lowest BCUT2D eigenvalue weighted by Crippen LogP contribution is -2.16. The number of nitrogens with one attached hydrogen (secondary N) is 1. The second-order valence-corrected chi connectivity index (χ2v) is 6.32. The van der Waals surface area contributed by atoms with E-state index in [1.807, 2.05) is 0 Å². The number of aromatic amines is 1. The molecule has 3 rings (SSSR count). The molecule has 0 atom stereocenters. The minimum Gasteiger partial charge on any atom is -0.355 e. The Kier molecular flexibility index (Phi) is 3.36. The van der Waals surface area contributed by atoms with Crippen LogP contribution in [0, 0.1) is 5.92 Å². The molecule has 2 aromatic rings. The minimum atomic E-state index is -0.0297. The molecular weight excluding hydrogens is 254 g/mol. The number of fused-ring (bicyclic) bond motifs is 1. The van der Waals surface area contributed by atoms with Gasteiger partial charge in [0.15, 0.2) is 0 Å². The number of benzene rings is 1. The maximum absolute atomic E-state index is 3.66. The van der Waals surface area contributed by atoms with Gasteiger partial charge in [-0.15, -0.1) is 0 Å². The van der Waals surface area contributed by atoms with Crippen molar-refractivity contribution in [1.82, 2.24) is 4.98 Å². The molecule has 1 aromatic carbocycles. The van der Waals surface area contributed by atoms with E-state index in [0.717, 1.165) is 0 Å². The zero-order valence-corrected chi connectivity index (χ0v) is 13.3. The summed E-state index contributed by atoms with van der Waals surface area (Å²) in [6.07, 6.45) is 11.1. The molecule has 0 saturated heterocycles. The van der Waals surface area contributed by atoms with Gasteiger partial charge in [-0.3, -0.25) is 0 Å². The van der Waals surface area contributed by atoms with E-state index < -0.39 is 0 Å². The highest BCUT2D eigenvalue weighted by Gasteiger charge is 2.30. The van der Waals surface area contributed by atoms with Gasteiger partial charge in [-0.2, -0.15) is 0 Å². The second kappa shape index (κ2) is 5.07. The van der Waals surface area contributed by atoms with Crippen LogP contribution < -0.4 is 0 Å². The fraction of sp³-hybridized carbons (Fsp3) is 0.300. The first-order chi connectivity index (χ1) is 10.1. The molecule has 21 heavy (non-hydrogen) atoms. The monoisotopic (exact) mass is 277 g/mol. The maximum atomic E-state index is 3.66. The first kappa shape index (κ1) is 13.9. The van der Waals surface area contributed by atoms with Gasteiger partial charge in [0.25, 0.3) is 0 Å². The fourth-order valence-corrected chi connectivity index (χ4v) is 3.42. The molecule has 108 valence electrons. The number of hydrogen-bond donors (Lipinski definition) is 1. The molecule has 0 fully saturated rings. The Labute approximate surface area is 127 Å². The molecular formula is C20H23N. The van der Waals surface area contributed by atoms with Crippen molar-refractivity contribution in [2.24, 2.45) is 5.92 Å². The smallest absolute Gasteiger partial charge is 0.0467 e. The number of para-hydroxylation sites is 1. The molecule has 0 unspecified atom stereocenters. The van der Waals surface area contributed by atoms with Crippen molar-refractivity contribution in [2.45, 2.75) is 33.1 Å². The predicted molar refractivity (Wildman–Crippen MR) is 92.4 cm³/mol. The summed E-state index contributed by atoms with van der Waals surface area (Å²) in [4.78, 5) is 3.66. The van der Waals surface area contributed by atoms with Crippen molar-refractivity contribution in [3.05, 3.63) is 65.9 Å². The zero-order chi connectivity index (χ0) is 15.0. The first-order valence-electron chi connectivity index (χ1n) is 7.71. The molecule has 1 aliphatic carbocycles. The number of hydrogen-bond acceptors (Lipinski definition) is 0. The molecule has 1 nitrogen and oxygen atoms in total. The highest BCUT2D eigenvalue weighted by molar-refractivity contribution is 5.91. The van der Waals surface area contributed by atoms with Gasteiger partial charge in [0.05, 0.1) is 0 Å². The van der Waals surface area contributed by atoms with Crippen molar-refractivity contribution < 1.29 is 0 Å². The Morgan fingerprint density at radius 2 is 1.81 bits per heavy atom. The summed E-state index contributed by atoms with van der Waals surface area (Å²) in [5.41, 5.74) is 5.25. The normalized spacial score (nSPS) is 17.3. The molecule has 0 aliphatic heterocycles. The van der Waals surface area contributed by atoms with Crippen molar-refractivity contribution in [3.63, 3.8) is 0 Å². The minimum absolute atomic E-state index is 0.0297.